The zero-order valence-electron chi connectivity index (χ0n) is 9.52. The Labute approximate surface area is 101 Å². The van der Waals surface area contributed by atoms with Crippen molar-refractivity contribution in [3.63, 3.8) is 0 Å². The van der Waals surface area contributed by atoms with Crippen molar-refractivity contribution in [1.29, 1.82) is 0 Å². The van der Waals surface area contributed by atoms with Crippen molar-refractivity contribution in [2.24, 2.45) is 5.92 Å². The van der Waals surface area contributed by atoms with Crippen LogP contribution in [0.1, 0.15) is 24.0 Å². The fraction of sp³-hybridized carbons (Fsp3) is 0.538. The summed E-state index contributed by atoms with van der Waals surface area (Å²) in [5, 5.41) is 3.57. The lowest BCUT2D eigenvalue weighted by Gasteiger charge is -2.23. The van der Waals surface area contributed by atoms with Crippen molar-refractivity contribution in [1.82, 2.24) is 5.32 Å². The highest BCUT2D eigenvalue weighted by Gasteiger charge is 2.15. The molecule has 0 aromatic heterocycles. The zero-order chi connectivity index (χ0) is 11.5. The Balaban J connectivity index is 2.11. The minimum Gasteiger partial charge on any atom is -0.317 e. The summed E-state index contributed by atoms with van der Waals surface area (Å²) in [6, 6.07) is 3.33. The minimum atomic E-state index is -0.295. The number of piperidine rings is 1. The summed E-state index contributed by atoms with van der Waals surface area (Å²) in [6.07, 6.45) is 3.34. The molecule has 1 aromatic carbocycles. The molecule has 0 radical (unpaired) electrons. The molecule has 16 heavy (non-hydrogen) atoms. The Morgan fingerprint density at radius 1 is 1.38 bits per heavy atom. The molecule has 1 aromatic rings. The summed E-state index contributed by atoms with van der Waals surface area (Å²) in [5.41, 5.74) is 2.21. The Hall–Kier alpha value is -0.600. The second kappa shape index (κ2) is 5.15. The maximum Gasteiger partial charge on any atom is 0.142 e. The summed E-state index contributed by atoms with van der Waals surface area (Å²) in [7, 11) is 0. The summed E-state index contributed by atoms with van der Waals surface area (Å²) in [6.45, 7) is 4.17. The Morgan fingerprint density at radius 2 is 2.06 bits per heavy atom. The molecule has 88 valence electrons. The molecule has 0 amide bonds. The highest BCUT2D eigenvalue weighted by Crippen LogP contribution is 2.24. The molecule has 0 bridgehead atoms. The van der Waals surface area contributed by atoms with E-state index in [1.165, 1.54) is 12.8 Å². The summed E-state index contributed by atoms with van der Waals surface area (Å²) in [4.78, 5) is 0. The smallest absolute Gasteiger partial charge is 0.142 e. The van der Waals surface area contributed by atoms with Crippen molar-refractivity contribution in [2.45, 2.75) is 26.2 Å². The number of rotatable bonds is 2. The van der Waals surface area contributed by atoms with Gasteiger partial charge in [-0.25, -0.2) is 4.39 Å². The van der Waals surface area contributed by atoms with Crippen LogP contribution >= 0.6 is 11.6 Å². The van der Waals surface area contributed by atoms with E-state index in [1.54, 1.807) is 12.1 Å². The molecule has 1 N–H and O–H groups in total. The lowest BCUT2D eigenvalue weighted by atomic mass is 9.89. The molecule has 0 atom stereocenters. The monoisotopic (exact) mass is 241 g/mol. The van der Waals surface area contributed by atoms with Crippen molar-refractivity contribution in [3.05, 3.63) is 34.1 Å². The fourth-order valence-corrected chi connectivity index (χ4v) is 2.52. The summed E-state index contributed by atoms with van der Waals surface area (Å²) >= 11 is 5.74. The lowest BCUT2D eigenvalue weighted by Crippen LogP contribution is -2.28. The largest absolute Gasteiger partial charge is 0.317 e. The SMILES string of the molecule is Cc1cc(Cl)c(F)cc1CC1CCNCC1. The number of nitrogens with one attached hydrogen (secondary N) is 1. The number of hydrogen-bond donors (Lipinski definition) is 1. The molecule has 2 rings (SSSR count). The maximum atomic E-state index is 13.4. The standard InChI is InChI=1S/C13H17ClFN/c1-9-6-12(14)13(15)8-11(9)7-10-2-4-16-5-3-10/h6,8,10,16H,2-5,7H2,1H3. The van der Waals surface area contributed by atoms with Crippen LogP contribution in [0.4, 0.5) is 4.39 Å². The van der Waals surface area contributed by atoms with Gasteiger partial charge in [0.2, 0.25) is 0 Å². The second-order valence-electron chi connectivity index (χ2n) is 4.59. The molecule has 1 heterocycles. The Bertz CT molecular complexity index is 372. The van der Waals surface area contributed by atoms with E-state index >= 15 is 0 Å². The Kier molecular flexibility index (Phi) is 3.82. The first kappa shape index (κ1) is 11.9. The van der Waals surface area contributed by atoms with E-state index in [4.69, 9.17) is 11.6 Å². The highest BCUT2D eigenvalue weighted by atomic mass is 35.5. The third kappa shape index (κ3) is 2.74. The van der Waals surface area contributed by atoms with Crippen LogP contribution in [0.3, 0.4) is 0 Å². The van der Waals surface area contributed by atoms with Crippen LogP contribution in [0.5, 0.6) is 0 Å². The van der Waals surface area contributed by atoms with Crippen LogP contribution in [0.25, 0.3) is 0 Å². The Morgan fingerprint density at radius 3 is 2.75 bits per heavy atom. The van der Waals surface area contributed by atoms with E-state index in [0.29, 0.717) is 5.92 Å². The first-order valence-corrected chi connectivity index (χ1v) is 6.20. The molecule has 1 aliphatic heterocycles. The predicted molar refractivity (Wildman–Crippen MR) is 65.4 cm³/mol. The van der Waals surface area contributed by atoms with Crippen molar-refractivity contribution >= 4 is 11.6 Å². The molecule has 0 aliphatic carbocycles. The van der Waals surface area contributed by atoms with Gasteiger partial charge in [-0.1, -0.05) is 11.6 Å². The second-order valence-corrected chi connectivity index (χ2v) is 5.00. The van der Waals surface area contributed by atoms with Gasteiger partial charge in [0.15, 0.2) is 0 Å². The van der Waals surface area contributed by atoms with E-state index in [-0.39, 0.29) is 10.8 Å². The van der Waals surface area contributed by atoms with Crippen LogP contribution < -0.4 is 5.32 Å². The maximum absolute atomic E-state index is 13.4. The molecule has 0 saturated carbocycles. The molecule has 1 fully saturated rings. The van der Waals surface area contributed by atoms with E-state index in [9.17, 15) is 4.39 Å². The molecule has 3 heteroatoms. The third-order valence-corrected chi connectivity index (χ3v) is 3.64. The predicted octanol–water partition coefficient (Wildman–Crippen LogP) is 3.33. The molecular formula is C13H17ClFN. The normalized spacial score (nSPS) is 17.7. The van der Waals surface area contributed by atoms with Crippen molar-refractivity contribution in [2.75, 3.05) is 13.1 Å². The van der Waals surface area contributed by atoms with Gasteiger partial charge in [-0.05, 0) is 68.5 Å². The van der Waals surface area contributed by atoms with Crippen molar-refractivity contribution < 1.29 is 4.39 Å². The topological polar surface area (TPSA) is 12.0 Å². The van der Waals surface area contributed by atoms with Gasteiger partial charge in [0.05, 0.1) is 5.02 Å². The zero-order valence-corrected chi connectivity index (χ0v) is 10.3. The quantitative estimate of drug-likeness (QED) is 0.838. The van der Waals surface area contributed by atoms with Gasteiger partial charge in [0.25, 0.3) is 0 Å². The average Bonchev–Trinajstić information content (AvgIpc) is 2.27. The van der Waals surface area contributed by atoms with E-state index in [1.807, 2.05) is 6.92 Å². The van der Waals surface area contributed by atoms with Gasteiger partial charge in [-0.2, -0.15) is 0 Å². The van der Waals surface area contributed by atoms with E-state index in [2.05, 4.69) is 5.32 Å². The molecule has 0 spiro atoms. The number of hydrogen-bond acceptors (Lipinski definition) is 1. The molecular weight excluding hydrogens is 225 g/mol. The molecule has 0 unspecified atom stereocenters. The average molecular weight is 242 g/mol. The van der Waals surface area contributed by atoms with Gasteiger partial charge in [-0.3, -0.25) is 0 Å². The molecule has 1 aliphatic rings. The lowest BCUT2D eigenvalue weighted by molar-refractivity contribution is 0.372. The van der Waals surface area contributed by atoms with Crippen LogP contribution in [-0.2, 0) is 6.42 Å². The van der Waals surface area contributed by atoms with Crippen LogP contribution in [0, 0.1) is 18.7 Å². The van der Waals surface area contributed by atoms with Crippen molar-refractivity contribution in [3.8, 4) is 0 Å². The highest BCUT2D eigenvalue weighted by molar-refractivity contribution is 6.30. The first-order chi connectivity index (χ1) is 7.66. The van der Waals surface area contributed by atoms with Gasteiger partial charge < -0.3 is 5.32 Å². The number of halogens is 2. The number of aryl methyl sites for hydroxylation is 1. The summed E-state index contributed by atoms with van der Waals surface area (Å²) in [5.74, 6) is 0.386. The van der Waals surface area contributed by atoms with Gasteiger partial charge in [0, 0.05) is 0 Å². The number of benzene rings is 1. The van der Waals surface area contributed by atoms with E-state index in [0.717, 1.165) is 30.6 Å². The van der Waals surface area contributed by atoms with Crippen LogP contribution in [-0.4, -0.2) is 13.1 Å². The van der Waals surface area contributed by atoms with Crippen LogP contribution in [0.15, 0.2) is 12.1 Å². The van der Waals surface area contributed by atoms with Gasteiger partial charge in [-0.15, -0.1) is 0 Å². The fourth-order valence-electron chi connectivity index (χ4n) is 2.30. The molecule has 1 nitrogen and oxygen atoms in total. The van der Waals surface area contributed by atoms with Gasteiger partial charge in [0.1, 0.15) is 5.82 Å². The first-order valence-electron chi connectivity index (χ1n) is 5.82. The third-order valence-electron chi connectivity index (χ3n) is 3.35. The molecule has 1 saturated heterocycles. The summed E-state index contributed by atoms with van der Waals surface area (Å²) < 4.78 is 13.4. The van der Waals surface area contributed by atoms with E-state index < -0.39 is 0 Å². The van der Waals surface area contributed by atoms with Crippen LogP contribution in [0.2, 0.25) is 5.02 Å². The van der Waals surface area contributed by atoms with Gasteiger partial charge >= 0.3 is 0 Å². The minimum absolute atomic E-state index is 0.228.